The molecule has 4 nitrogen and oxygen atoms in total. The second kappa shape index (κ2) is 4.45. The zero-order chi connectivity index (χ0) is 14.4. The molecule has 0 fully saturated rings. The van der Waals surface area contributed by atoms with E-state index < -0.39 is 0 Å². The van der Waals surface area contributed by atoms with Gasteiger partial charge in [-0.15, -0.1) is 0 Å². The van der Waals surface area contributed by atoms with E-state index in [9.17, 15) is 4.79 Å². The summed E-state index contributed by atoms with van der Waals surface area (Å²) in [5.41, 5.74) is 4.81. The monoisotopic (exact) mass is 277 g/mol. The Hall–Kier alpha value is -2.62. The average Bonchev–Trinajstić information content (AvgIpc) is 2.77. The van der Waals surface area contributed by atoms with Gasteiger partial charge in [-0.2, -0.15) is 0 Å². The molecule has 4 rings (SSSR count). The lowest BCUT2D eigenvalue weighted by molar-refractivity contribution is 0.0956. The summed E-state index contributed by atoms with van der Waals surface area (Å²) in [6.45, 7) is 3.44. The summed E-state index contributed by atoms with van der Waals surface area (Å²) in [6, 6.07) is 14.0. The van der Waals surface area contributed by atoms with Gasteiger partial charge in [-0.05, 0) is 25.1 Å². The van der Waals surface area contributed by atoms with Crippen LogP contribution in [0.4, 0.5) is 0 Å². The van der Waals surface area contributed by atoms with Crippen LogP contribution in [0, 0.1) is 6.92 Å². The molecule has 104 valence electrons. The Kier molecular flexibility index (Phi) is 2.57. The van der Waals surface area contributed by atoms with Crippen LogP contribution in [0.3, 0.4) is 0 Å². The average molecular weight is 277 g/mol. The molecule has 4 heteroatoms. The molecule has 1 aliphatic rings. The molecule has 3 aromatic rings. The number of hydrogen-bond donors (Lipinski definition) is 1. The quantitative estimate of drug-likeness (QED) is 0.743. The first-order valence-electron chi connectivity index (χ1n) is 7.08. The topological polar surface area (TPSA) is 46.9 Å². The molecule has 0 unspecified atom stereocenters. The number of hydrogen-bond acceptors (Lipinski definition) is 2. The van der Waals surface area contributed by atoms with E-state index in [-0.39, 0.29) is 5.91 Å². The van der Waals surface area contributed by atoms with Gasteiger partial charge in [0.2, 0.25) is 0 Å². The predicted octanol–water partition coefficient (Wildman–Crippen LogP) is 2.76. The van der Waals surface area contributed by atoms with Gasteiger partial charge in [0.1, 0.15) is 5.82 Å². The minimum absolute atomic E-state index is 0.0185. The molecule has 2 heterocycles. The van der Waals surface area contributed by atoms with Crippen LogP contribution in [0.15, 0.2) is 42.5 Å². The molecule has 1 aromatic heterocycles. The number of carbonyl (C=O) groups is 1. The van der Waals surface area contributed by atoms with Gasteiger partial charge >= 0.3 is 0 Å². The Balaban J connectivity index is 2.05. The van der Waals surface area contributed by atoms with Gasteiger partial charge < -0.3 is 9.88 Å². The van der Waals surface area contributed by atoms with E-state index in [0.717, 1.165) is 29.0 Å². The number of rotatable bonds is 1. The second-order valence-corrected chi connectivity index (χ2v) is 5.39. The first-order valence-corrected chi connectivity index (χ1v) is 7.08. The normalized spacial score (nSPS) is 14.0. The Labute approximate surface area is 122 Å². The fourth-order valence-electron chi connectivity index (χ4n) is 2.97. The number of nitrogens with one attached hydrogen (secondary N) is 1. The number of imidazole rings is 1. The molecule has 0 saturated carbocycles. The number of para-hydroxylation sites is 1. The Morgan fingerprint density at radius 2 is 2.05 bits per heavy atom. The summed E-state index contributed by atoms with van der Waals surface area (Å²) >= 11 is 0. The van der Waals surface area contributed by atoms with Crippen molar-refractivity contribution in [3.05, 3.63) is 53.6 Å². The highest BCUT2D eigenvalue weighted by atomic mass is 16.1. The van der Waals surface area contributed by atoms with Crippen molar-refractivity contribution in [2.45, 2.75) is 13.5 Å². The van der Waals surface area contributed by atoms with E-state index in [1.165, 1.54) is 5.56 Å². The number of carbonyl (C=O) groups excluding carboxylic acids is 1. The highest BCUT2D eigenvalue weighted by Crippen LogP contribution is 2.28. The largest absolute Gasteiger partial charge is 0.350 e. The zero-order valence-electron chi connectivity index (χ0n) is 11.8. The molecule has 0 bridgehead atoms. The fourth-order valence-corrected chi connectivity index (χ4v) is 2.97. The Morgan fingerprint density at radius 1 is 1.19 bits per heavy atom. The third-order valence-corrected chi connectivity index (χ3v) is 3.91. The predicted molar refractivity (Wildman–Crippen MR) is 82.2 cm³/mol. The summed E-state index contributed by atoms with van der Waals surface area (Å²) in [4.78, 5) is 16.9. The van der Waals surface area contributed by atoms with Crippen molar-refractivity contribution < 1.29 is 4.79 Å². The van der Waals surface area contributed by atoms with E-state index >= 15 is 0 Å². The van der Waals surface area contributed by atoms with Crippen molar-refractivity contribution in [3.63, 3.8) is 0 Å². The first kappa shape index (κ1) is 12.1. The van der Waals surface area contributed by atoms with Gasteiger partial charge in [0.15, 0.2) is 0 Å². The molecule has 21 heavy (non-hydrogen) atoms. The third kappa shape index (κ3) is 1.83. The van der Waals surface area contributed by atoms with Crippen molar-refractivity contribution in [2.75, 3.05) is 6.54 Å². The van der Waals surface area contributed by atoms with Gasteiger partial charge in [-0.3, -0.25) is 4.79 Å². The molecular weight excluding hydrogens is 262 g/mol. The molecule has 1 N–H and O–H groups in total. The summed E-state index contributed by atoms with van der Waals surface area (Å²) < 4.78 is 2.15. The Bertz CT molecular complexity index is 864. The Morgan fingerprint density at radius 3 is 2.90 bits per heavy atom. The molecular formula is C17H15N3O. The highest BCUT2D eigenvalue weighted by Gasteiger charge is 2.21. The molecule has 0 atom stereocenters. The maximum atomic E-state index is 12.1. The van der Waals surface area contributed by atoms with E-state index in [1.807, 2.05) is 24.3 Å². The van der Waals surface area contributed by atoms with Crippen molar-refractivity contribution in [2.24, 2.45) is 0 Å². The standard InChI is InChI=1S/C17H15N3O/c1-11-4-2-5-12(10-11)16-19-14-7-3-6-13-15(14)20(16)9-8-18-17(13)21/h2-7,10H,8-9H2,1H3,(H,18,21). The van der Waals surface area contributed by atoms with Crippen LogP contribution in [0.5, 0.6) is 0 Å². The smallest absolute Gasteiger partial charge is 0.253 e. The lowest BCUT2D eigenvalue weighted by atomic mass is 10.1. The van der Waals surface area contributed by atoms with E-state index in [1.54, 1.807) is 0 Å². The van der Waals surface area contributed by atoms with Crippen molar-refractivity contribution >= 4 is 16.9 Å². The molecule has 0 spiro atoms. The van der Waals surface area contributed by atoms with Gasteiger partial charge in [-0.1, -0.05) is 29.8 Å². The molecule has 0 aliphatic carbocycles. The number of nitrogens with zero attached hydrogens (tertiary/aromatic N) is 2. The summed E-state index contributed by atoms with van der Waals surface area (Å²) in [5, 5.41) is 2.94. The molecule has 1 aliphatic heterocycles. The molecule has 2 aromatic carbocycles. The number of aryl methyl sites for hydroxylation is 1. The maximum Gasteiger partial charge on any atom is 0.253 e. The van der Waals surface area contributed by atoms with Crippen LogP contribution in [-0.4, -0.2) is 22.0 Å². The maximum absolute atomic E-state index is 12.1. The van der Waals surface area contributed by atoms with Crippen LogP contribution in [0.25, 0.3) is 22.4 Å². The summed E-state index contributed by atoms with van der Waals surface area (Å²) in [7, 11) is 0. The molecule has 1 amide bonds. The fraction of sp³-hybridized carbons (Fsp3) is 0.176. The van der Waals surface area contributed by atoms with Crippen molar-refractivity contribution in [1.82, 2.24) is 14.9 Å². The third-order valence-electron chi connectivity index (χ3n) is 3.91. The van der Waals surface area contributed by atoms with Gasteiger partial charge in [0, 0.05) is 18.7 Å². The number of benzene rings is 2. The van der Waals surface area contributed by atoms with Gasteiger partial charge in [-0.25, -0.2) is 4.98 Å². The highest BCUT2D eigenvalue weighted by molar-refractivity contribution is 6.06. The van der Waals surface area contributed by atoms with Gasteiger partial charge in [0.25, 0.3) is 5.91 Å². The van der Waals surface area contributed by atoms with Crippen molar-refractivity contribution in [3.8, 4) is 11.4 Å². The van der Waals surface area contributed by atoms with Crippen LogP contribution >= 0.6 is 0 Å². The van der Waals surface area contributed by atoms with Crippen LogP contribution in [-0.2, 0) is 6.54 Å². The minimum Gasteiger partial charge on any atom is -0.350 e. The van der Waals surface area contributed by atoms with Crippen molar-refractivity contribution in [1.29, 1.82) is 0 Å². The van der Waals surface area contributed by atoms with Crippen LogP contribution < -0.4 is 5.32 Å². The summed E-state index contributed by atoms with van der Waals surface area (Å²) in [6.07, 6.45) is 0. The second-order valence-electron chi connectivity index (χ2n) is 5.39. The first-order chi connectivity index (χ1) is 10.2. The lowest BCUT2D eigenvalue weighted by Gasteiger charge is -2.07. The minimum atomic E-state index is -0.0185. The van der Waals surface area contributed by atoms with E-state index in [2.05, 4.69) is 35.0 Å². The summed E-state index contributed by atoms with van der Waals surface area (Å²) in [5.74, 6) is 0.910. The SMILES string of the molecule is Cc1cccc(-c2nc3cccc4c3n2CCNC4=O)c1. The van der Waals surface area contributed by atoms with E-state index in [0.29, 0.717) is 12.1 Å². The number of amides is 1. The van der Waals surface area contributed by atoms with E-state index in [4.69, 9.17) is 4.98 Å². The number of aromatic nitrogens is 2. The molecule has 0 saturated heterocycles. The van der Waals surface area contributed by atoms with Crippen LogP contribution in [0.1, 0.15) is 15.9 Å². The molecule has 0 radical (unpaired) electrons. The lowest BCUT2D eigenvalue weighted by Crippen LogP contribution is -2.24. The van der Waals surface area contributed by atoms with Crippen LogP contribution in [0.2, 0.25) is 0 Å². The van der Waals surface area contributed by atoms with Gasteiger partial charge in [0.05, 0.1) is 16.6 Å². The zero-order valence-corrected chi connectivity index (χ0v) is 11.8.